The Kier molecular flexibility index (Phi) is 11.5. The molecule has 3 amide bonds. The van der Waals surface area contributed by atoms with Gasteiger partial charge in [-0.2, -0.15) is 10.1 Å². The van der Waals surface area contributed by atoms with E-state index in [0.717, 1.165) is 93.8 Å². The number of fused-ring (bicyclic) bond motifs is 2. The third kappa shape index (κ3) is 8.27. The van der Waals surface area contributed by atoms with Gasteiger partial charge < -0.3 is 30.1 Å². The van der Waals surface area contributed by atoms with E-state index in [4.69, 9.17) is 26.4 Å². The number of piperidine rings is 4. The van der Waals surface area contributed by atoms with Crippen molar-refractivity contribution in [3.63, 3.8) is 0 Å². The summed E-state index contributed by atoms with van der Waals surface area (Å²) in [4.78, 5) is 70.4. The number of nitrogens with one attached hydrogen (secondary N) is 3. The van der Waals surface area contributed by atoms with Gasteiger partial charge in [0.1, 0.15) is 10.7 Å². The highest BCUT2D eigenvalue weighted by molar-refractivity contribution is 6.33. The van der Waals surface area contributed by atoms with Gasteiger partial charge in [0.25, 0.3) is 11.5 Å². The van der Waals surface area contributed by atoms with Crippen molar-refractivity contribution in [1.82, 2.24) is 44.8 Å². The zero-order valence-corrected chi connectivity index (χ0v) is 36.2. The van der Waals surface area contributed by atoms with Crippen molar-refractivity contribution in [2.24, 2.45) is 25.4 Å². The lowest BCUT2D eigenvalue weighted by atomic mass is 9.71. The quantitative estimate of drug-likeness (QED) is 0.170. The lowest BCUT2D eigenvalue weighted by molar-refractivity contribution is -0.134. The first kappa shape index (κ1) is 41.5. The van der Waals surface area contributed by atoms with Gasteiger partial charge in [0, 0.05) is 71.1 Å². The lowest BCUT2D eigenvalue weighted by Crippen LogP contribution is -2.48. The molecule has 62 heavy (non-hydrogen) atoms. The number of ether oxygens (including phenoxy) is 1. The van der Waals surface area contributed by atoms with Gasteiger partial charge in [0.05, 0.1) is 40.9 Å². The topological polar surface area (TPSA) is 185 Å². The van der Waals surface area contributed by atoms with Crippen LogP contribution in [0.5, 0.6) is 5.75 Å². The Morgan fingerprint density at radius 2 is 1.71 bits per heavy atom. The van der Waals surface area contributed by atoms with Crippen molar-refractivity contribution in [2.75, 3.05) is 74.6 Å². The molecule has 0 saturated carbocycles. The number of hydrogen-bond acceptors (Lipinski definition) is 13. The van der Waals surface area contributed by atoms with Crippen LogP contribution in [0.1, 0.15) is 63.0 Å². The molecule has 4 aromatic heterocycles. The summed E-state index contributed by atoms with van der Waals surface area (Å²) in [7, 11) is 5.07. The molecule has 1 unspecified atom stereocenters. The Labute approximate surface area is 364 Å². The summed E-state index contributed by atoms with van der Waals surface area (Å²) in [6, 6.07) is 9.71. The zero-order valence-electron chi connectivity index (χ0n) is 35.5. The molecule has 4 aliphatic rings. The average Bonchev–Trinajstić information content (AvgIpc) is 3.62. The first-order valence-electron chi connectivity index (χ1n) is 21.6. The highest BCUT2D eigenvalue weighted by Gasteiger charge is 2.39. The number of carbonyl (C=O) groups excluding carboxylic acids is 3. The summed E-state index contributed by atoms with van der Waals surface area (Å²) in [5, 5.41) is 15.1. The minimum absolute atomic E-state index is 0.0529. The Morgan fingerprint density at radius 1 is 0.952 bits per heavy atom. The van der Waals surface area contributed by atoms with Crippen LogP contribution in [0.25, 0.3) is 21.9 Å². The smallest absolute Gasteiger partial charge is 0.294 e. The first-order valence-corrected chi connectivity index (χ1v) is 22.0. The van der Waals surface area contributed by atoms with Gasteiger partial charge in [-0.1, -0.05) is 23.7 Å². The molecule has 0 bridgehead atoms. The normalized spacial score (nSPS) is 19.9. The number of para-hydroxylation sites is 1. The number of benzene rings is 1. The molecule has 18 heteroatoms. The number of amides is 3. The number of nitrogens with zero attached hydrogens (tertiary/aromatic N) is 9. The number of likely N-dealkylation sites (tertiary alicyclic amines) is 1. The summed E-state index contributed by atoms with van der Waals surface area (Å²) < 4.78 is 8.80. The largest absolute Gasteiger partial charge is 0.478 e. The maximum atomic E-state index is 12.8. The molecule has 9 rings (SSSR count). The summed E-state index contributed by atoms with van der Waals surface area (Å²) in [5.41, 5.74) is 4.01. The standard InChI is InChI=1S/C44H53ClN12O5/c1-46-36(59)26-62-34-22-28-21-29(23-47-40(28)53(2)42(34)61)49-39-32(45)24-48-43(51-39)57-19-13-44(14-20-57)11-17-55(18-12-44)25-27-9-15-56(16-10-27)33-6-4-5-30-37(52-54(3)38(30)33)31-7-8-35(58)50-41(31)60/h4-6,21-24,27,31H,7-20,25-26H2,1-3H3,(H,46,59)(H,48,49,51)(H,50,58,60). The number of anilines is 4. The second-order valence-corrected chi connectivity index (χ2v) is 17.8. The molecule has 17 nitrogen and oxygen atoms in total. The molecule has 1 atom stereocenters. The van der Waals surface area contributed by atoms with Crippen LogP contribution in [0.2, 0.25) is 5.02 Å². The highest BCUT2D eigenvalue weighted by Crippen LogP contribution is 2.43. The minimum Gasteiger partial charge on any atom is -0.478 e. The van der Waals surface area contributed by atoms with Crippen LogP contribution in [0.15, 0.2) is 47.5 Å². The van der Waals surface area contributed by atoms with E-state index >= 15 is 0 Å². The van der Waals surface area contributed by atoms with E-state index in [1.807, 2.05) is 17.8 Å². The predicted octanol–water partition coefficient (Wildman–Crippen LogP) is 4.25. The summed E-state index contributed by atoms with van der Waals surface area (Å²) in [5.74, 6) is 0.586. The van der Waals surface area contributed by atoms with Crippen molar-refractivity contribution in [2.45, 2.75) is 57.3 Å². The fourth-order valence-corrected chi connectivity index (χ4v) is 10.0. The SMILES string of the molecule is CNC(=O)COc1cc2cc(Nc3nc(N4CCC5(CCN(CC6CCN(c7cccc8c(C9CCC(=O)NC9=O)nn(C)c78)CC6)CC5)CC4)ncc3Cl)cnc2n(C)c1=O. The van der Waals surface area contributed by atoms with Crippen LogP contribution in [0.3, 0.4) is 0 Å². The summed E-state index contributed by atoms with van der Waals surface area (Å²) in [6.45, 7) is 6.84. The van der Waals surface area contributed by atoms with E-state index in [1.165, 1.54) is 24.5 Å². The maximum Gasteiger partial charge on any atom is 0.294 e. The molecule has 0 radical (unpaired) electrons. The lowest BCUT2D eigenvalue weighted by Gasteiger charge is -2.47. The van der Waals surface area contributed by atoms with Gasteiger partial charge in [0.15, 0.2) is 18.2 Å². The second-order valence-electron chi connectivity index (χ2n) is 17.4. The molecular weight excluding hydrogens is 812 g/mol. The summed E-state index contributed by atoms with van der Waals surface area (Å²) >= 11 is 6.59. The van der Waals surface area contributed by atoms with Gasteiger partial charge in [-0.05, 0) is 87.6 Å². The molecule has 0 aliphatic carbocycles. The summed E-state index contributed by atoms with van der Waals surface area (Å²) in [6.07, 6.45) is 10.9. The minimum atomic E-state index is -0.411. The van der Waals surface area contributed by atoms with Gasteiger partial charge in [-0.3, -0.25) is 33.7 Å². The third-order valence-corrected chi connectivity index (χ3v) is 13.9. The van der Waals surface area contributed by atoms with Gasteiger partial charge in [0.2, 0.25) is 17.8 Å². The molecule has 3 N–H and O–H groups in total. The van der Waals surface area contributed by atoms with Gasteiger partial charge >= 0.3 is 0 Å². The number of halogens is 1. The monoisotopic (exact) mass is 864 g/mol. The number of aryl methyl sites for hydroxylation is 2. The van der Waals surface area contributed by atoms with Crippen LogP contribution in [0.4, 0.5) is 23.1 Å². The fraction of sp³-hybridized carbons (Fsp3) is 0.500. The Balaban J connectivity index is 0.770. The number of aromatic nitrogens is 6. The number of rotatable bonds is 10. The molecular formula is C44H53ClN12O5. The van der Waals surface area contributed by atoms with Crippen molar-refractivity contribution in [3.05, 3.63) is 63.8 Å². The van der Waals surface area contributed by atoms with E-state index in [2.05, 4.69) is 58.8 Å². The molecule has 4 fully saturated rings. The van der Waals surface area contributed by atoms with E-state index in [0.29, 0.717) is 57.7 Å². The molecule has 4 aliphatic heterocycles. The Morgan fingerprint density at radius 3 is 2.45 bits per heavy atom. The first-order chi connectivity index (χ1) is 30.0. The second kappa shape index (κ2) is 17.2. The fourth-order valence-electron chi connectivity index (χ4n) is 9.87. The Bertz CT molecular complexity index is 2590. The van der Waals surface area contributed by atoms with Crippen molar-refractivity contribution in [3.8, 4) is 5.75 Å². The average molecular weight is 865 g/mol. The van der Waals surface area contributed by atoms with Crippen LogP contribution < -0.4 is 36.0 Å². The molecule has 326 valence electrons. The van der Waals surface area contributed by atoms with E-state index in [-0.39, 0.29) is 35.6 Å². The molecule has 8 heterocycles. The predicted molar refractivity (Wildman–Crippen MR) is 237 cm³/mol. The maximum absolute atomic E-state index is 12.8. The molecule has 1 aromatic carbocycles. The van der Waals surface area contributed by atoms with Crippen molar-refractivity contribution in [1.29, 1.82) is 0 Å². The van der Waals surface area contributed by atoms with Crippen LogP contribution in [-0.4, -0.2) is 111 Å². The number of imide groups is 1. The number of pyridine rings is 2. The van der Waals surface area contributed by atoms with Gasteiger partial charge in [-0.15, -0.1) is 0 Å². The third-order valence-electron chi connectivity index (χ3n) is 13.6. The van der Waals surface area contributed by atoms with Gasteiger partial charge in [-0.25, -0.2) is 9.97 Å². The van der Waals surface area contributed by atoms with Crippen LogP contribution in [-0.2, 0) is 28.5 Å². The number of likely N-dealkylation sites (N-methyl/N-ethyl adjacent to an activating group) is 1. The number of carbonyl (C=O) groups is 3. The Hall–Kier alpha value is -5.81. The highest BCUT2D eigenvalue weighted by atomic mass is 35.5. The number of hydrogen-bond donors (Lipinski definition) is 3. The van der Waals surface area contributed by atoms with Crippen molar-refractivity contribution >= 4 is 74.4 Å². The van der Waals surface area contributed by atoms with Crippen LogP contribution in [0, 0.1) is 11.3 Å². The zero-order chi connectivity index (χ0) is 43.1. The molecule has 4 saturated heterocycles. The molecule has 5 aromatic rings. The van der Waals surface area contributed by atoms with Crippen LogP contribution >= 0.6 is 11.6 Å². The van der Waals surface area contributed by atoms with E-state index in [9.17, 15) is 19.2 Å². The molecule has 1 spiro atoms. The van der Waals surface area contributed by atoms with Crippen molar-refractivity contribution < 1.29 is 19.1 Å². The van der Waals surface area contributed by atoms with E-state index < -0.39 is 5.92 Å². The van der Waals surface area contributed by atoms with E-state index in [1.54, 1.807) is 25.5 Å².